The van der Waals surface area contributed by atoms with E-state index in [-0.39, 0.29) is 5.92 Å². The van der Waals surface area contributed by atoms with Gasteiger partial charge in [-0.05, 0) is 36.1 Å². The number of ketones is 1. The van der Waals surface area contributed by atoms with Crippen LogP contribution in [0.2, 0.25) is 0 Å². The molecule has 3 rings (SSSR count). The monoisotopic (exact) mass is 188 g/mol. The first-order chi connectivity index (χ1) is 6.68. The molecule has 0 radical (unpaired) electrons. The molecule has 0 aliphatic heterocycles. The number of carbonyl (C=O) groups is 1. The van der Waals surface area contributed by atoms with Crippen molar-refractivity contribution in [2.24, 2.45) is 5.92 Å². The largest absolute Gasteiger partial charge is 0.508 e. The van der Waals surface area contributed by atoms with E-state index in [0.717, 1.165) is 12.0 Å². The number of aromatic hydroxyl groups is 1. The van der Waals surface area contributed by atoms with Gasteiger partial charge in [0, 0.05) is 18.3 Å². The van der Waals surface area contributed by atoms with Crippen molar-refractivity contribution in [3.63, 3.8) is 0 Å². The van der Waals surface area contributed by atoms with E-state index >= 15 is 0 Å². The maximum absolute atomic E-state index is 11.3. The highest BCUT2D eigenvalue weighted by Gasteiger charge is 2.47. The van der Waals surface area contributed by atoms with E-state index in [0.29, 0.717) is 23.9 Å². The third-order valence-corrected chi connectivity index (χ3v) is 3.67. The Bertz CT molecular complexity index is 434. The van der Waals surface area contributed by atoms with E-state index in [1.54, 1.807) is 6.07 Å². The number of rotatable bonds is 0. The van der Waals surface area contributed by atoms with Crippen LogP contribution >= 0.6 is 0 Å². The lowest BCUT2D eigenvalue weighted by molar-refractivity contribution is -0.130. The van der Waals surface area contributed by atoms with E-state index in [1.807, 2.05) is 6.07 Å². The van der Waals surface area contributed by atoms with Crippen LogP contribution < -0.4 is 0 Å². The highest BCUT2D eigenvalue weighted by molar-refractivity contribution is 5.91. The van der Waals surface area contributed by atoms with Crippen molar-refractivity contribution in [3.05, 3.63) is 28.8 Å². The van der Waals surface area contributed by atoms with Gasteiger partial charge < -0.3 is 5.11 Å². The second-order valence-electron chi connectivity index (χ2n) is 4.38. The van der Waals surface area contributed by atoms with Gasteiger partial charge in [0.15, 0.2) is 0 Å². The fourth-order valence-electron chi connectivity index (χ4n) is 2.85. The van der Waals surface area contributed by atoms with Crippen molar-refractivity contribution < 1.29 is 9.90 Å². The minimum absolute atomic E-state index is 0.178. The first-order valence-electron chi connectivity index (χ1n) is 5.02. The van der Waals surface area contributed by atoms with Gasteiger partial charge in [-0.1, -0.05) is 6.07 Å². The summed E-state index contributed by atoms with van der Waals surface area (Å²) >= 11 is 0. The maximum atomic E-state index is 11.3. The third-order valence-electron chi connectivity index (χ3n) is 3.67. The van der Waals surface area contributed by atoms with E-state index in [2.05, 4.69) is 6.92 Å². The molecule has 72 valence electrons. The minimum atomic E-state index is 0.178. The standard InChI is InChI=1S/C12H12O2/c1-6-2-3-10(13)9-4-7-8(12(6)9)5-11(7)14/h2-3,7-8,13H,4-5H2,1H3. The van der Waals surface area contributed by atoms with Crippen molar-refractivity contribution in [3.8, 4) is 5.75 Å². The molecule has 2 aliphatic rings. The van der Waals surface area contributed by atoms with E-state index in [4.69, 9.17) is 0 Å². The van der Waals surface area contributed by atoms with Gasteiger partial charge in [-0.3, -0.25) is 4.79 Å². The minimum Gasteiger partial charge on any atom is -0.508 e. The molecule has 0 bridgehead atoms. The summed E-state index contributed by atoms with van der Waals surface area (Å²) in [5.74, 6) is 1.32. The molecule has 1 N–H and O–H groups in total. The number of carbonyl (C=O) groups excluding carboxylic acids is 1. The maximum Gasteiger partial charge on any atom is 0.137 e. The van der Waals surface area contributed by atoms with Gasteiger partial charge in [-0.15, -0.1) is 0 Å². The Morgan fingerprint density at radius 2 is 2.07 bits per heavy atom. The van der Waals surface area contributed by atoms with Crippen molar-refractivity contribution in [2.45, 2.75) is 25.7 Å². The average Bonchev–Trinajstić information content (AvgIpc) is 2.47. The molecule has 0 saturated heterocycles. The van der Waals surface area contributed by atoms with Crippen LogP contribution in [0.25, 0.3) is 0 Å². The summed E-state index contributed by atoms with van der Waals surface area (Å²) in [5.41, 5.74) is 3.48. The molecule has 1 aromatic rings. The smallest absolute Gasteiger partial charge is 0.137 e. The number of Topliss-reactive ketones (excluding diaryl/α,β-unsaturated/α-hetero) is 1. The van der Waals surface area contributed by atoms with E-state index in [9.17, 15) is 9.90 Å². The fourth-order valence-corrected chi connectivity index (χ4v) is 2.85. The molecule has 2 heteroatoms. The first kappa shape index (κ1) is 8.04. The van der Waals surface area contributed by atoms with Crippen LogP contribution in [0.3, 0.4) is 0 Å². The van der Waals surface area contributed by atoms with Crippen molar-refractivity contribution in [1.29, 1.82) is 0 Å². The third kappa shape index (κ3) is 0.788. The van der Waals surface area contributed by atoms with Crippen molar-refractivity contribution in [1.82, 2.24) is 0 Å². The average molecular weight is 188 g/mol. The first-order valence-corrected chi connectivity index (χ1v) is 5.02. The number of aryl methyl sites for hydroxylation is 1. The Kier molecular flexibility index (Phi) is 1.37. The lowest BCUT2D eigenvalue weighted by Crippen LogP contribution is -2.32. The summed E-state index contributed by atoms with van der Waals surface area (Å²) in [5, 5.41) is 9.69. The summed E-state index contributed by atoms with van der Waals surface area (Å²) in [6.45, 7) is 2.06. The lowest BCUT2D eigenvalue weighted by atomic mass is 9.72. The van der Waals surface area contributed by atoms with Gasteiger partial charge >= 0.3 is 0 Å². The molecule has 0 spiro atoms. The predicted molar refractivity (Wildman–Crippen MR) is 52.4 cm³/mol. The fraction of sp³-hybridized carbons (Fsp3) is 0.417. The van der Waals surface area contributed by atoms with Crippen LogP contribution in [0.4, 0.5) is 0 Å². The highest BCUT2D eigenvalue weighted by Crippen LogP contribution is 2.52. The van der Waals surface area contributed by atoms with Gasteiger partial charge in [-0.2, -0.15) is 0 Å². The number of benzene rings is 1. The second kappa shape index (κ2) is 2.38. The highest BCUT2D eigenvalue weighted by atomic mass is 16.3. The Hall–Kier alpha value is -1.31. The molecule has 0 amide bonds. The summed E-state index contributed by atoms with van der Waals surface area (Å²) in [6, 6.07) is 3.68. The van der Waals surface area contributed by atoms with Gasteiger partial charge in [0.1, 0.15) is 11.5 Å². The summed E-state index contributed by atoms with van der Waals surface area (Å²) in [4.78, 5) is 11.3. The predicted octanol–water partition coefficient (Wildman–Crippen LogP) is 1.93. The van der Waals surface area contributed by atoms with Gasteiger partial charge in [0.2, 0.25) is 0 Å². The van der Waals surface area contributed by atoms with Crippen LogP contribution in [0, 0.1) is 12.8 Å². The Labute approximate surface area is 82.6 Å². The Balaban J connectivity index is 2.18. The van der Waals surface area contributed by atoms with E-state index in [1.165, 1.54) is 11.1 Å². The van der Waals surface area contributed by atoms with E-state index < -0.39 is 0 Å². The Morgan fingerprint density at radius 3 is 2.79 bits per heavy atom. The molecule has 1 aromatic carbocycles. The van der Waals surface area contributed by atoms with Crippen LogP contribution in [0.5, 0.6) is 5.75 Å². The molecule has 2 unspecified atom stereocenters. The molecular weight excluding hydrogens is 176 g/mol. The van der Waals surface area contributed by atoms with Crippen LogP contribution in [0.15, 0.2) is 12.1 Å². The summed E-state index contributed by atoms with van der Waals surface area (Å²) in [6.07, 6.45) is 1.44. The lowest BCUT2D eigenvalue weighted by Gasteiger charge is -2.29. The van der Waals surface area contributed by atoms with Gasteiger partial charge in [0.05, 0.1) is 0 Å². The second-order valence-corrected chi connectivity index (χ2v) is 4.38. The van der Waals surface area contributed by atoms with Crippen LogP contribution in [0.1, 0.15) is 29.0 Å². The normalized spacial score (nSPS) is 28.2. The molecule has 1 fully saturated rings. The number of hydrogen-bond donors (Lipinski definition) is 1. The van der Waals surface area contributed by atoms with Crippen LogP contribution in [-0.4, -0.2) is 10.9 Å². The molecule has 2 atom stereocenters. The van der Waals surface area contributed by atoms with Crippen molar-refractivity contribution >= 4 is 5.78 Å². The SMILES string of the molecule is Cc1ccc(O)c2c1C1CC(=O)C1C2. The molecule has 0 aromatic heterocycles. The number of phenolic OH excluding ortho intramolecular Hbond substituents is 1. The van der Waals surface area contributed by atoms with Crippen molar-refractivity contribution in [2.75, 3.05) is 0 Å². The zero-order valence-corrected chi connectivity index (χ0v) is 8.08. The molecule has 2 nitrogen and oxygen atoms in total. The zero-order valence-electron chi connectivity index (χ0n) is 8.08. The number of fused-ring (bicyclic) bond motifs is 3. The molecule has 1 saturated carbocycles. The topological polar surface area (TPSA) is 37.3 Å². The summed E-state index contributed by atoms with van der Waals surface area (Å²) in [7, 11) is 0. The Morgan fingerprint density at radius 1 is 1.29 bits per heavy atom. The number of phenols is 1. The summed E-state index contributed by atoms with van der Waals surface area (Å²) < 4.78 is 0. The van der Waals surface area contributed by atoms with Gasteiger partial charge in [0.25, 0.3) is 0 Å². The van der Waals surface area contributed by atoms with Crippen LogP contribution in [-0.2, 0) is 11.2 Å². The molecular formula is C12H12O2. The number of hydrogen-bond acceptors (Lipinski definition) is 2. The van der Waals surface area contributed by atoms with Gasteiger partial charge in [-0.25, -0.2) is 0 Å². The molecule has 2 aliphatic carbocycles. The molecule has 14 heavy (non-hydrogen) atoms. The molecule has 0 heterocycles. The zero-order chi connectivity index (χ0) is 9.87. The quantitative estimate of drug-likeness (QED) is 0.675.